The average molecular weight is 351 g/mol. The molecule has 2 N–H and O–H groups in total. The van der Waals surface area contributed by atoms with Gasteiger partial charge >= 0.3 is 6.09 Å². The van der Waals surface area contributed by atoms with Crippen LogP contribution in [0.4, 0.5) is 4.79 Å². The first kappa shape index (κ1) is 21.5. The Kier molecular flexibility index (Phi) is 8.93. The second-order valence-electron chi connectivity index (χ2n) is 7.83. The predicted octanol–water partition coefficient (Wildman–Crippen LogP) is 3.75. The van der Waals surface area contributed by atoms with E-state index in [-0.39, 0.29) is 18.1 Å². The number of nitrogens with one attached hydrogen (secondary N) is 1. The van der Waals surface area contributed by atoms with Crippen molar-refractivity contribution in [2.45, 2.75) is 59.3 Å². The summed E-state index contributed by atoms with van der Waals surface area (Å²) in [6.07, 6.45) is -0.463. The summed E-state index contributed by atoms with van der Waals surface area (Å²) in [4.78, 5) is 11.9. The van der Waals surface area contributed by atoms with Crippen molar-refractivity contribution < 1.29 is 19.4 Å². The molecule has 0 aliphatic heterocycles. The maximum Gasteiger partial charge on any atom is 0.407 e. The summed E-state index contributed by atoms with van der Waals surface area (Å²) in [6.45, 7) is 10.8. The van der Waals surface area contributed by atoms with Gasteiger partial charge < -0.3 is 19.9 Å². The first-order chi connectivity index (χ1) is 11.7. The van der Waals surface area contributed by atoms with Gasteiger partial charge in [-0.2, -0.15) is 0 Å². The molecule has 0 spiro atoms. The van der Waals surface area contributed by atoms with Gasteiger partial charge in [0.05, 0.1) is 19.8 Å². The van der Waals surface area contributed by atoms with Gasteiger partial charge in [-0.25, -0.2) is 4.79 Å². The molecule has 0 saturated heterocycles. The van der Waals surface area contributed by atoms with Crippen molar-refractivity contribution >= 4 is 6.09 Å². The number of benzene rings is 1. The standard InChI is InChI=1S/C20H33NO4/c1-15(2)17(14-24-13-16-9-7-6-8-10-16)11-18(12-22)25-19(23)21-20(3,4)5/h6-10,15,17-18,22H,11-14H2,1-5H3,(H,21,23). The average Bonchev–Trinajstić information content (AvgIpc) is 2.52. The lowest BCUT2D eigenvalue weighted by Gasteiger charge is -2.27. The van der Waals surface area contributed by atoms with E-state index >= 15 is 0 Å². The smallest absolute Gasteiger partial charge is 0.407 e. The lowest BCUT2D eigenvalue weighted by molar-refractivity contribution is 0.00995. The van der Waals surface area contributed by atoms with Crippen LogP contribution in [0, 0.1) is 11.8 Å². The molecule has 1 aromatic rings. The zero-order chi connectivity index (χ0) is 18.9. The molecule has 0 fully saturated rings. The summed E-state index contributed by atoms with van der Waals surface area (Å²) in [6, 6.07) is 10.0. The number of hydrogen-bond acceptors (Lipinski definition) is 4. The third kappa shape index (κ3) is 9.46. The van der Waals surface area contributed by atoms with E-state index in [1.807, 2.05) is 51.1 Å². The topological polar surface area (TPSA) is 67.8 Å². The third-order valence-corrected chi connectivity index (χ3v) is 3.91. The first-order valence-electron chi connectivity index (χ1n) is 8.92. The number of aliphatic hydroxyl groups excluding tert-OH is 1. The molecule has 0 radical (unpaired) electrons. The van der Waals surface area contributed by atoms with E-state index in [4.69, 9.17) is 9.47 Å². The van der Waals surface area contributed by atoms with Crippen molar-refractivity contribution in [2.75, 3.05) is 13.2 Å². The Morgan fingerprint density at radius 3 is 2.36 bits per heavy atom. The van der Waals surface area contributed by atoms with Crippen LogP contribution in [-0.2, 0) is 16.1 Å². The summed E-state index contributed by atoms with van der Waals surface area (Å²) in [5, 5.41) is 12.3. The highest BCUT2D eigenvalue weighted by atomic mass is 16.6. The molecular formula is C20H33NO4. The molecule has 0 aliphatic rings. The molecule has 0 saturated carbocycles. The van der Waals surface area contributed by atoms with Gasteiger partial charge in [-0.15, -0.1) is 0 Å². The fraction of sp³-hybridized carbons (Fsp3) is 0.650. The molecule has 1 rings (SSSR count). The van der Waals surface area contributed by atoms with Gasteiger partial charge in [-0.1, -0.05) is 44.2 Å². The summed E-state index contributed by atoms with van der Waals surface area (Å²) in [5.74, 6) is 0.558. The number of rotatable bonds is 9. The fourth-order valence-electron chi connectivity index (χ4n) is 2.42. The van der Waals surface area contributed by atoms with Gasteiger partial charge in [0.2, 0.25) is 0 Å². The largest absolute Gasteiger partial charge is 0.444 e. The molecule has 1 amide bonds. The SMILES string of the molecule is CC(C)C(COCc1ccccc1)CC(CO)OC(=O)NC(C)(C)C. The van der Waals surface area contributed by atoms with E-state index in [1.165, 1.54) is 0 Å². The van der Waals surface area contributed by atoms with Crippen molar-refractivity contribution in [3.63, 3.8) is 0 Å². The minimum atomic E-state index is -0.532. The molecule has 25 heavy (non-hydrogen) atoms. The Morgan fingerprint density at radius 1 is 1.20 bits per heavy atom. The van der Waals surface area contributed by atoms with Crippen LogP contribution in [0.2, 0.25) is 0 Å². The Bertz CT molecular complexity index is 496. The number of amides is 1. The van der Waals surface area contributed by atoms with Crippen LogP contribution in [0.15, 0.2) is 30.3 Å². The quantitative estimate of drug-likeness (QED) is 0.711. The van der Waals surface area contributed by atoms with Gasteiger partial charge in [-0.05, 0) is 44.6 Å². The van der Waals surface area contributed by atoms with E-state index in [2.05, 4.69) is 19.2 Å². The molecule has 2 atom stereocenters. The molecule has 0 aliphatic carbocycles. The Balaban J connectivity index is 2.49. The molecular weight excluding hydrogens is 318 g/mol. The lowest BCUT2D eigenvalue weighted by atomic mass is 9.91. The summed E-state index contributed by atoms with van der Waals surface area (Å²) in [5.41, 5.74) is 0.761. The second-order valence-corrected chi connectivity index (χ2v) is 7.83. The zero-order valence-electron chi connectivity index (χ0n) is 16.1. The number of alkyl carbamates (subject to hydrolysis) is 1. The van der Waals surface area contributed by atoms with Crippen LogP contribution in [0.1, 0.15) is 46.6 Å². The van der Waals surface area contributed by atoms with Crippen molar-refractivity contribution in [3.05, 3.63) is 35.9 Å². The molecule has 2 unspecified atom stereocenters. The van der Waals surface area contributed by atoms with E-state index in [1.54, 1.807) is 0 Å². The predicted molar refractivity (Wildman–Crippen MR) is 99.3 cm³/mol. The molecule has 142 valence electrons. The van der Waals surface area contributed by atoms with E-state index in [9.17, 15) is 9.90 Å². The Labute approximate surface area is 151 Å². The highest BCUT2D eigenvalue weighted by molar-refractivity contribution is 5.68. The molecule has 5 nitrogen and oxygen atoms in total. The van der Waals surface area contributed by atoms with E-state index in [0.29, 0.717) is 25.6 Å². The summed E-state index contributed by atoms with van der Waals surface area (Å²) >= 11 is 0. The lowest BCUT2D eigenvalue weighted by Crippen LogP contribution is -2.43. The highest BCUT2D eigenvalue weighted by Gasteiger charge is 2.24. The molecule has 0 heterocycles. The highest BCUT2D eigenvalue weighted by Crippen LogP contribution is 2.20. The monoisotopic (exact) mass is 351 g/mol. The maximum absolute atomic E-state index is 11.9. The van der Waals surface area contributed by atoms with Crippen molar-refractivity contribution in [3.8, 4) is 0 Å². The number of hydrogen-bond donors (Lipinski definition) is 2. The van der Waals surface area contributed by atoms with Crippen molar-refractivity contribution in [2.24, 2.45) is 11.8 Å². The minimum Gasteiger partial charge on any atom is -0.444 e. The van der Waals surface area contributed by atoms with Crippen LogP contribution in [0.3, 0.4) is 0 Å². The minimum absolute atomic E-state index is 0.195. The van der Waals surface area contributed by atoms with E-state index < -0.39 is 12.2 Å². The summed E-state index contributed by atoms with van der Waals surface area (Å²) < 4.78 is 11.2. The molecule has 0 bridgehead atoms. The van der Waals surface area contributed by atoms with Crippen molar-refractivity contribution in [1.82, 2.24) is 5.32 Å². The summed E-state index contributed by atoms with van der Waals surface area (Å²) in [7, 11) is 0. The van der Waals surface area contributed by atoms with Crippen molar-refractivity contribution in [1.29, 1.82) is 0 Å². The van der Waals surface area contributed by atoms with Crippen LogP contribution in [0.5, 0.6) is 0 Å². The Morgan fingerprint density at radius 2 is 1.84 bits per heavy atom. The second kappa shape index (κ2) is 10.4. The van der Waals surface area contributed by atoms with Gasteiger partial charge in [0.25, 0.3) is 0 Å². The number of carbonyl (C=O) groups is 1. The van der Waals surface area contributed by atoms with Gasteiger partial charge in [-0.3, -0.25) is 0 Å². The van der Waals surface area contributed by atoms with Crippen LogP contribution in [-0.4, -0.2) is 36.1 Å². The van der Waals surface area contributed by atoms with Gasteiger partial charge in [0.15, 0.2) is 0 Å². The zero-order valence-corrected chi connectivity index (χ0v) is 16.1. The van der Waals surface area contributed by atoms with Crippen LogP contribution < -0.4 is 5.32 Å². The fourth-order valence-corrected chi connectivity index (χ4v) is 2.42. The number of aliphatic hydroxyl groups is 1. The van der Waals surface area contributed by atoms with Crippen LogP contribution >= 0.6 is 0 Å². The number of ether oxygens (including phenoxy) is 2. The first-order valence-corrected chi connectivity index (χ1v) is 8.92. The van der Waals surface area contributed by atoms with Gasteiger partial charge in [0.1, 0.15) is 6.10 Å². The van der Waals surface area contributed by atoms with Crippen LogP contribution in [0.25, 0.3) is 0 Å². The maximum atomic E-state index is 11.9. The normalized spacial score (nSPS) is 14.2. The Hall–Kier alpha value is -1.59. The molecule has 5 heteroatoms. The number of carbonyl (C=O) groups excluding carboxylic acids is 1. The van der Waals surface area contributed by atoms with Gasteiger partial charge in [0, 0.05) is 5.54 Å². The third-order valence-electron chi connectivity index (χ3n) is 3.91. The van der Waals surface area contributed by atoms with E-state index in [0.717, 1.165) is 5.56 Å². The molecule has 1 aromatic carbocycles. The molecule has 0 aromatic heterocycles.